The maximum atomic E-state index is 11.0. The van der Waals surface area contributed by atoms with Gasteiger partial charge in [0.2, 0.25) is 0 Å². The molecule has 0 atom stereocenters. The van der Waals surface area contributed by atoms with Gasteiger partial charge in [-0.05, 0) is 19.3 Å². The molecule has 194 valence electrons. The van der Waals surface area contributed by atoms with Gasteiger partial charge in [0, 0.05) is 0 Å². The molecular formula is C34H36O3Zr. The standard InChI is InChI=1S/3C9H10O.C7H9.Zr/c3*1-2-5-8-6-3-4-7-9(8)10;1-2-7-5-3-4-6-7;/h3*2-4,6-7,10H,1,5H2;3,5H,2,4H2,1H3;/q;;;-1;+4/p-3. The maximum absolute atomic E-state index is 11.0. The van der Waals surface area contributed by atoms with E-state index in [2.05, 4.69) is 44.9 Å². The zero-order chi connectivity index (χ0) is 27.3. The second-order valence-electron chi connectivity index (χ2n) is 7.96. The van der Waals surface area contributed by atoms with Crippen LogP contribution >= 0.6 is 0 Å². The summed E-state index contributed by atoms with van der Waals surface area (Å²) < 4.78 is 0. The molecule has 3 aromatic rings. The van der Waals surface area contributed by atoms with Gasteiger partial charge in [0.15, 0.2) is 0 Å². The van der Waals surface area contributed by atoms with Gasteiger partial charge in [-0.3, -0.25) is 6.08 Å². The van der Waals surface area contributed by atoms with Crippen molar-refractivity contribution in [3.63, 3.8) is 0 Å². The van der Waals surface area contributed by atoms with Crippen molar-refractivity contribution in [2.45, 2.75) is 39.0 Å². The Hall–Kier alpha value is -3.36. The minimum absolute atomic E-state index is 0. The van der Waals surface area contributed by atoms with E-state index in [1.165, 1.54) is 5.57 Å². The molecule has 4 rings (SSSR count). The van der Waals surface area contributed by atoms with Crippen LogP contribution in [0.3, 0.4) is 0 Å². The van der Waals surface area contributed by atoms with Crippen LogP contribution in [0.25, 0.3) is 0 Å². The van der Waals surface area contributed by atoms with Gasteiger partial charge in [-0.1, -0.05) is 121 Å². The monoisotopic (exact) mass is 582 g/mol. The summed E-state index contributed by atoms with van der Waals surface area (Å²) in [4.78, 5) is 0. The summed E-state index contributed by atoms with van der Waals surface area (Å²) in [7, 11) is 0. The molecule has 0 bridgehead atoms. The van der Waals surface area contributed by atoms with Crippen LogP contribution in [0.5, 0.6) is 17.2 Å². The third kappa shape index (κ3) is 14.4. The van der Waals surface area contributed by atoms with Gasteiger partial charge in [-0.15, -0.1) is 43.4 Å². The molecule has 0 amide bonds. The Morgan fingerprint density at radius 2 is 1.00 bits per heavy atom. The topological polar surface area (TPSA) is 69.2 Å². The van der Waals surface area contributed by atoms with Crippen molar-refractivity contribution in [3.05, 3.63) is 151 Å². The molecule has 0 heterocycles. The average Bonchev–Trinajstić information content (AvgIpc) is 3.44. The Morgan fingerprint density at radius 3 is 1.21 bits per heavy atom. The van der Waals surface area contributed by atoms with Crippen molar-refractivity contribution in [1.82, 2.24) is 0 Å². The van der Waals surface area contributed by atoms with Crippen LogP contribution in [0.1, 0.15) is 36.5 Å². The normalized spacial score (nSPS) is 10.5. The fourth-order valence-electron chi connectivity index (χ4n) is 3.18. The largest absolute Gasteiger partial charge is 4.00 e. The third-order valence-electron chi connectivity index (χ3n) is 5.16. The van der Waals surface area contributed by atoms with Crippen molar-refractivity contribution in [3.8, 4) is 17.2 Å². The van der Waals surface area contributed by atoms with Crippen LogP contribution in [0, 0.1) is 6.08 Å². The van der Waals surface area contributed by atoms with Gasteiger partial charge in [-0.25, -0.2) is 11.6 Å². The molecule has 0 saturated carbocycles. The molecule has 0 aromatic heterocycles. The van der Waals surface area contributed by atoms with Gasteiger partial charge in [0.05, 0.1) is 0 Å². The van der Waals surface area contributed by atoms with Gasteiger partial charge in [0.1, 0.15) is 0 Å². The fraction of sp³-hybridized carbons (Fsp3) is 0.176. The molecule has 1 aliphatic carbocycles. The molecule has 0 fully saturated rings. The molecular weight excluding hydrogens is 548 g/mol. The zero-order valence-corrected chi connectivity index (χ0v) is 24.7. The van der Waals surface area contributed by atoms with Crippen LogP contribution in [0.4, 0.5) is 0 Å². The number of hydrogen-bond donors (Lipinski definition) is 0. The molecule has 0 unspecified atom stereocenters. The first kappa shape index (κ1) is 34.6. The summed E-state index contributed by atoms with van der Waals surface area (Å²) in [6.07, 6.45) is 16.9. The van der Waals surface area contributed by atoms with E-state index in [4.69, 9.17) is 0 Å². The minimum Gasteiger partial charge on any atom is -0.872 e. The number of allylic oxidation sites excluding steroid dienone is 7. The van der Waals surface area contributed by atoms with E-state index in [1.54, 1.807) is 54.6 Å². The molecule has 38 heavy (non-hydrogen) atoms. The van der Waals surface area contributed by atoms with Crippen molar-refractivity contribution >= 4 is 0 Å². The Labute approximate surface area is 248 Å². The number of hydrogen-bond acceptors (Lipinski definition) is 3. The minimum atomic E-state index is 0. The Bertz CT molecular complexity index is 1040. The van der Waals surface area contributed by atoms with Gasteiger partial charge >= 0.3 is 26.2 Å². The quantitative estimate of drug-likeness (QED) is 0.234. The van der Waals surface area contributed by atoms with Crippen LogP contribution in [0.15, 0.2) is 128 Å². The van der Waals surface area contributed by atoms with Crippen molar-refractivity contribution in [1.29, 1.82) is 0 Å². The number of para-hydroxylation sites is 3. The Morgan fingerprint density at radius 1 is 0.658 bits per heavy atom. The fourth-order valence-corrected chi connectivity index (χ4v) is 3.18. The second kappa shape index (κ2) is 21.7. The zero-order valence-electron chi connectivity index (χ0n) is 22.2. The summed E-state index contributed by atoms with van der Waals surface area (Å²) in [6, 6.07) is 21.0. The summed E-state index contributed by atoms with van der Waals surface area (Å²) in [5, 5.41) is 32.9. The van der Waals surface area contributed by atoms with E-state index in [1.807, 2.05) is 36.4 Å². The van der Waals surface area contributed by atoms with Gasteiger partial charge in [-0.2, -0.15) is 6.08 Å². The molecule has 0 spiro atoms. The van der Waals surface area contributed by atoms with Crippen molar-refractivity contribution < 1.29 is 41.5 Å². The Kier molecular flexibility index (Phi) is 19.8. The number of rotatable bonds is 7. The van der Waals surface area contributed by atoms with E-state index in [0.29, 0.717) is 19.3 Å². The SMILES string of the molecule is C=CCc1ccccc1[O-].C=CCc1ccccc1[O-].C=CCc1ccccc1[O-].CCC1=[C-]CC=C1.[Zr+4]. The van der Waals surface area contributed by atoms with Gasteiger partial charge in [0.25, 0.3) is 0 Å². The van der Waals surface area contributed by atoms with E-state index < -0.39 is 0 Å². The predicted molar refractivity (Wildman–Crippen MR) is 150 cm³/mol. The molecule has 4 heteroatoms. The summed E-state index contributed by atoms with van der Waals surface area (Å²) in [5.74, 6) is 0.298. The summed E-state index contributed by atoms with van der Waals surface area (Å²) >= 11 is 0. The van der Waals surface area contributed by atoms with Gasteiger partial charge < -0.3 is 15.3 Å². The van der Waals surface area contributed by atoms with Crippen LogP contribution in [-0.2, 0) is 45.5 Å². The first-order valence-electron chi connectivity index (χ1n) is 12.3. The first-order valence-corrected chi connectivity index (χ1v) is 12.3. The predicted octanol–water partition coefficient (Wildman–Crippen LogP) is 6.55. The third-order valence-corrected chi connectivity index (χ3v) is 5.16. The second-order valence-corrected chi connectivity index (χ2v) is 7.96. The summed E-state index contributed by atoms with van der Waals surface area (Å²) in [5.41, 5.74) is 3.81. The summed E-state index contributed by atoms with van der Waals surface area (Å²) in [6.45, 7) is 12.8. The average molecular weight is 584 g/mol. The Balaban J connectivity index is 0.000000480. The van der Waals surface area contributed by atoms with E-state index in [-0.39, 0.29) is 43.5 Å². The smallest absolute Gasteiger partial charge is 0.872 e. The molecule has 1 aliphatic rings. The molecule has 0 aliphatic heterocycles. The van der Waals surface area contributed by atoms with Crippen LogP contribution in [-0.4, -0.2) is 0 Å². The molecule has 0 N–H and O–H groups in total. The van der Waals surface area contributed by atoms with E-state index >= 15 is 0 Å². The molecule has 3 nitrogen and oxygen atoms in total. The maximum Gasteiger partial charge on any atom is 4.00 e. The van der Waals surface area contributed by atoms with Crippen LogP contribution < -0.4 is 15.3 Å². The van der Waals surface area contributed by atoms with Crippen molar-refractivity contribution in [2.24, 2.45) is 0 Å². The molecule has 0 radical (unpaired) electrons. The van der Waals surface area contributed by atoms with E-state index in [9.17, 15) is 15.3 Å². The molecule has 0 saturated heterocycles. The first-order chi connectivity index (χ1) is 18.0. The van der Waals surface area contributed by atoms with Crippen molar-refractivity contribution in [2.75, 3.05) is 0 Å². The van der Waals surface area contributed by atoms with E-state index in [0.717, 1.165) is 29.5 Å². The molecule has 3 aromatic carbocycles. The van der Waals surface area contributed by atoms with Crippen LogP contribution in [0.2, 0.25) is 0 Å². The number of benzene rings is 3.